The van der Waals surface area contributed by atoms with Gasteiger partial charge in [0.1, 0.15) is 0 Å². The molecule has 3 atom stereocenters. The molecule has 0 aliphatic heterocycles. The normalized spacial score (nSPS) is 24.1. The molecular formula is C12H15NO3S. The number of amides is 1. The number of carboxylic acid groups (broad SMARTS) is 1. The fraction of sp³-hybridized carbons (Fsp3) is 0.500. The lowest BCUT2D eigenvalue weighted by atomic mass is 10.1. The second-order valence-electron chi connectivity index (χ2n) is 4.27. The van der Waals surface area contributed by atoms with E-state index in [1.54, 1.807) is 11.3 Å². The molecule has 0 bridgehead atoms. The topological polar surface area (TPSA) is 66.4 Å². The summed E-state index contributed by atoms with van der Waals surface area (Å²) < 4.78 is 0. The minimum absolute atomic E-state index is 0.0116. The fourth-order valence-electron chi connectivity index (χ4n) is 1.90. The van der Waals surface area contributed by atoms with Crippen molar-refractivity contribution in [1.29, 1.82) is 0 Å². The number of nitrogens with one attached hydrogen (secondary N) is 1. The lowest BCUT2D eigenvalue weighted by Crippen LogP contribution is -2.30. The zero-order chi connectivity index (χ0) is 12.4. The Morgan fingerprint density at radius 2 is 2.35 bits per heavy atom. The van der Waals surface area contributed by atoms with Crippen molar-refractivity contribution in [3.63, 3.8) is 0 Å². The SMILES string of the molecule is CCC(NC(=O)C1CC1C(=O)O)c1cccs1. The molecule has 2 rings (SSSR count). The van der Waals surface area contributed by atoms with E-state index >= 15 is 0 Å². The molecule has 3 unspecified atom stereocenters. The Hall–Kier alpha value is -1.36. The average Bonchev–Trinajstić information content (AvgIpc) is 2.94. The van der Waals surface area contributed by atoms with Crippen LogP contribution in [0, 0.1) is 11.8 Å². The maximum Gasteiger partial charge on any atom is 0.307 e. The quantitative estimate of drug-likeness (QED) is 0.843. The molecule has 1 fully saturated rings. The van der Waals surface area contributed by atoms with Crippen molar-refractivity contribution in [1.82, 2.24) is 5.32 Å². The second-order valence-corrected chi connectivity index (χ2v) is 5.25. The Bertz CT molecular complexity index is 415. The first-order chi connectivity index (χ1) is 8.13. The summed E-state index contributed by atoms with van der Waals surface area (Å²) in [6.45, 7) is 2.01. The van der Waals surface area contributed by atoms with Crippen molar-refractivity contribution >= 4 is 23.2 Å². The molecule has 1 aliphatic rings. The summed E-state index contributed by atoms with van der Waals surface area (Å²) in [5.41, 5.74) is 0. The van der Waals surface area contributed by atoms with E-state index in [2.05, 4.69) is 5.32 Å². The van der Waals surface area contributed by atoms with E-state index in [1.807, 2.05) is 24.4 Å². The molecule has 0 saturated heterocycles. The molecule has 1 aromatic rings. The van der Waals surface area contributed by atoms with Gasteiger partial charge in [0.05, 0.1) is 17.9 Å². The van der Waals surface area contributed by atoms with Crippen molar-refractivity contribution in [3.8, 4) is 0 Å². The van der Waals surface area contributed by atoms with Gasteiger partial charge < -0.3 is 10.4 Å². The van der Waals surface area contributed by atoms with Gasteiger partial charge in [-0.1, -0.05) is 13.0 Å². The molecule has 1 amide bonds. The Balaban J connectivity index is 1.92. The highest BCUT2D eigenvalue weighted by atomic mass is 32.1. The van der Waals surface area contributed by atoms with Crippen LogP contribution in [0.4, 0.5) is 0 Å². The van der Waals surface area contributed by atoms with Crippen LogP contribution in [0.15, 0.2) is 17.5 Å². The zero-order valence-corrected chi connectivity index (χ0v) is 10.4. The number of rotatable bonds is 5. The molecule has 17 heavy (non-hydrogen) atoms. The number of carbonyl (C=O) groups excluding carboxylic acids is 1. The van der Waals surface area contributed by atoms with Gasteiger partial charge in [0.25, 0.3) is 0 Å². The number of carboxylic acids is 1. The predicted molar refractivity (Wildman–Crippen MR) is 64.7 cm³/mol. The zero-order valence-electron chi connectivity index (χ0n) is 9.55. The number of thiophene rings is 1. The van der Waals surface area contributed by atoms with Gasteiger partial charge in [0.15, 0.2) is 0 Å². The van der Waals surface area contributed by atoms with Crippen LogP contribution < -0.4 is 5.32 Å². The summed E-state index contributed by atoms with van der Waals surface area (Å²) in [6.07, 6.45) is 1.29. The standard InChI is InChI=1S/C12H15NO3S/c1-2-9(10-4-3-5-17-10)13-11(14)7-6-8(7)12(15)16/h3-5,7-9H,2,6H2,1H3,(H,13,14)(H,15,16). The summed E-state index contributed by atoms with van der Waals surface area (Å²) in [4.78, 5) is 23.6. The minimum Gasteiger partial charge on any atom is -0.481 e. The molecular weight excluding hydrogens is 238 g/mol. The van der Waals surface area contributed by atoms with Crippen molar-refractivity contribution in [2.24, 2.45) is 11.8 Å². The van der Waals surface area contributed by atoms with Crippen molar-refractivity contribution in [3.05, 3.63) is 22.4 Å². The molecule has 2 N–H and O–H groups in total. The molecule has 1 aromatic heterocycles. The fourth-order valence-corrected chi connectivity index (χ4v) is 2.76. The number of carbonyl (C=O) groups is 2. The maximum absolute atomic E-state index is 11.8. The Labute approximate surface area is 104 Å². The number of aliphatic carboxylic acids is 1. The lowest BCUT2D eigenvalue weighted by molar-refractivity contribution is -0.140. The van der Waals surface area contributed by atoms with Gasteiger partial charge in [0, 0.05) is 4.88 Å². The van der Waals surface area contributed by atoms with Gasteiger partial charge in [-0.05, 0) is 24.3 Å². The molecule has 1 aliphatic carbocycles. The molecule has 0 spiro atoms. The first-order valence-corrected chi connectivity index (χ1v) is 6.58. The highest BCUT2D eigenvalue weighted by Gasteiger charge is 2.48. The first-order valence-electron chi connectivity index (χ1n) is 5.70. The largest absolute Gasteiger partial charge is 0.481 e. The summed E-state index contributed by atoms with van der Waals surface area (Å²) in [6, 6.07) is 3.95. The van der Waals surface area contributed by atoms with Crippen LogP contribution in [0.1, 0.15) is 30.7 Å². The molecule has 1 saturated carbocycles. The third-order valence-electron chi connectivity index (χ3n) is 3.06. The molecule has 4 nitrogen and oxygen atoms in total. The highest BCUT2D eigenvalue weighted by molar-refractivity contribution is 7.10. The molecule has 1 heterocycles. The van der Waals surface area contributed by atoms with E-state index in [9.17, 15) is 9.59 Å². The molecule has 5 heteroatoms. The highest BCUT2D eigenvalue weighted by Crippen LogP contribution is 2.39. The van der Waals surface area contributed by atoms with Gasteiger partial charge in [-0.2, -0.15) is 0 Å². The molecule has 92 valence electrons. The van der Waals surface area contributed by atoms with Crippen LogP contribution in [0.3, 0.4) is 0 Å². The summed E-state index contributed by atoms with van der Waals surface area (Å²) >= 11 is 1.61. The van der Waals surface area contributed by atoms with Crippen LogP contribution in [-0.2, 0) is 9.59 Å². The van der Waals surface area contributed by atoms with E-state index < -0.39 is 11.9 Å². The predicted octanol–water partition coefficient (Wildman–Crippen LogP) is 2.04. The molecule has 0 aromatic carbocycles. The molecule has 0 radical (unpaired) electrons. The van der Waals surface area contributed by atoms with E-state index in [-0.39, 0.29) is 17.9 Å². The van der Waals surface area contributed by atoms with Crippen LogP contribution in [0.5, 0.6) is 0 Å². The van der Waals surface area contributed by atoms with Gasteiger partial charge in [-0.25, -0.2) is 0 Å². The van der Waals surface area contributed by atoms with Gasteiger partial charge in [0.2, 0.25) is 5.91 Å². The Kier molecular flexibility index (Phi) is 3.47. The second kappa shape index (κ2) is 4.87. The monoisotopic (exact) mass is 253 g/mol. The third-order valence-corrected chi connectivity index (χ3v) is 4.04. The van der Waals surface area contributed by atoms with E-state index in [4.69, 9.17) is 5.11 Å². The van der Waals surface area contributed by atoms with Gasteiger partial charge in [-0.15, -0.1) is 11.3 Å². The third kappa shape index (κ3) is 2.66. The van der Waals surface area contributed by atoms with Crippen LogP contribution in [-0.4, -0.2) is 17.0 Å². The summed E-state index contributed by atoms with van der Waals surface area (Å²) in [5, 5.41) is 13.7. The van der Waals surface area contributed by atoms with Crippen LogP contribution >= 0.6 is 11.3 Å². The Morgan fingerprint density at radius 3 is 2.82 bits per heavy atom. The van der Waals surface area contributed by atoms with E-state index in [0.29, 0.717) is 6.42 Å². The first kappa shape index (κ1) is 12.1. The van der Waals surface area contributed by atoms with Gasteiger partial charge in [-0.3, -0.25) is 9.59 Å². The van der Waals surface area contributed by atoms with Crippen LogP contribution in [0.2, 0.25) is 0 Å². The smallest absolute Gasteiger partial charge is 0.307 e. The maximum atomic E-state index is 11.8. The number of hydrogen-bond donors (Lipinski definition) is 2. The Morgan fingerprint density at radius 1 is 1.59 bits per heavy atom. The van der Waals surface area contributed by atoms with E-state index in [0.717, 1.165) is 11.3 Å². The minimum atomic E-state index is -0.866. The van der Waals surface area contributed by atoms with E-state index in [1.165, 1.54) is 0 Å². The summed E-state index contributed by atoms with van der Waals surface area (Å²) in [5.74, 6) is -1.80. The average molecular weight is 253 g/mol. The lowest BCUT2D eigenvalue weighted by Gasteiger charge is -2.15. The summed E-state index contributed by atoms with van der Waals surface area (Å²) in [7, 11) is 0. The number of hydrogen-bond acceptors (Lipinski definition) is 3. The van der Waals surface area contributed by atoms with Crippen molar-refractivity contribution in [2.45, 2.75) is 25.8 Å². The van der Waals surface area contributed by atoms with Gasteiger partial charge >= 0.3 is 5.97 Å². The van der Waals surface area contributed by atoms with Crippen molar-refractivity contribution in [2.75, 3.05) is 0 Å². The van der Waals surface area contributed by atoms with Crippen molar-refractivity contribution < 1.29 is 14.7 Å². The van der Waals surface area contributed by atoms with Crippen LogP contribution in [0.25, 0.3) is 0 Å².